The van der Waals surface area contributed by atoms with Crippen LogP contribution in [0.3, 0.4) is 0 Å². The van der Waals surface area contributed by atoms with Crippen molar-refractivity contribution in [2.75, 3.05) is 0 Å². The van der Waals surface area contributed by atoms with Crippen molar-refractivity contribution in [2.24, 2.45) is 0 Å². The average molecular weight is 311 g/mol. The van der Waals surface area contributed by atoms with Gasteiger partial charge in [0.2, 0.25) is 5.75 Å². The molecule has 0 N–H and O–H groups in total. The van der Waals surface area contributed by atoms with E-state index >= 15 is 0 Å². The highest BCUT2D eigenvalue weighted by Gasteiger charge is 2.18. The predicted octanol–water partition coefficient (Wildman–Crippen LogP) is 5.14. The lowest BCUT2D eigenvalue weighted by molar-refractivity contribution is -0.386. The zero-order valence-electron chi connectivity index (χ0n) is 11.9. The van der Waals surface area contributed by atoms with E-state index in [1.165, 1.54) is 0 Å². The maximum Gasteiger partial charge on any atom is 0.315 e. The number of hydrogen-bond acceptors (Lipinski definition) is 4. The maximum atomic E-state index is 11.1. The predicted molar refractivity (Wildman–Crippen MR) is 88.3 cm³/mol. The third kappa shape index (κ3) is 2.89. The van der Waals surface area contributed by atoms with Crippen LogP contribution in [0.2, 0.25) is 0 Å². The molecule has 0 amide bonds. The lowest BCUT2D eigenvalue weighted by atomic mass is 10.1. The molecule has 0 spiro atoms. The number of rotatable bonds is 4. The Morgan fingerprint density at radius 2 is 1.77 bits per heavy atom. The van der Waals surface area contributed by atoms with Crippen LogP contribution in [0.4, 0.5) is 5.69 Å². The van der Waals surface area contributed by atoms with E-state index in [1.807, 2.05) is 42.5 Å². The standard InChI is InChI=1S/C17H13NO3S/c1-12-5-4-8-16(17(12)18(19)20)21-22-15-10-9-13-6-2-3-7-14(13)11-15/h2-11H,1H3. The van der Waals surface area contributed by atoms with Crippen LogP contribution in [0.15, 0.2) is 65.6 Å². The summed E-state index contributed by atoms with van der Waals surface area (Å²) in [5, 5.41) is 13.4. The summed E-state index contributed by atoms with van der Waals surface area (Å²) in [6.07, 6.45) is 0. The van der Waals surface area contributed by atoms with Crippen LogP contribution in [-0.2, 0) is 0 Å². The Hall–Kier alpha value is -2.53. The van der Waals surface area contributed by atoms with Crippen molar-refractivity contribution >= 4 is 28.5 Å². The quantitative estimate of drug-likeness (QED) is 0.380. The van der Waals surface area contributed by atoms with Gasteiger partial charge >= 0.3 is 5.69 Å². The fourth-order valence-electron chi connectivity index (χ4n) is 2.25. The first-order valence-electron chi connectivity index (χ1n) is 6.72. The molecule has 0 aromatic heterocycles. The van der Waals surface area contributed by atoms with Gasteiger partial charge in [-0.3, -0.25) is 10.1 Å². The number of hydrogen-bond donors (Lipinski definition) is 0. The maximum absolute atomic E-state index is 11.1. The van der Waals surface area contributed by atoms with Crippen molar-refractivity contribution in [1.82, 2.24) is 0 Å². The van der Waals surface area contributed by atoms with E-state index in [0.717, 1.165) is 27.7 Å². The molecule has 0 aliphatic carbocycles. The topological polar surface area (TPSA) is 52.4 Å². The van der Waals surface area contributed by atoms with Gasteiger partial charge in [0.15, 0.2) is 0 Å². The van der Waals surface area contributed by atoms with Gasteiger partial charge in [0.1, 0.15) is 0 Å². The summed E-state index contributed by atoms with van der Waals surface area (Å²) in [6, 6.07) is 19.0. The van der Waals surface area contributed by atoms with Gasteiger partial charge in [-0.15, -0.1) is 0 Å². The molecule has 22 heavy (non-hydrogen) atoms. The van der Waals surface area contributed by atoms with Crippen molar-refractivity contribution in [2.45, 2.75) is 11.8 Å². The molecule has 0 saturated heterocycles. The highest BCUT2D eigenvalue weighted by Crippen LogP contribution is 2.34. The minimum Gasteiger partial charge on any atom is -0.413 e. The molecule has 3 rings (SSSR count). The van der Waals surface area contributed by atoms with E-state index in [9.17, 15) is 10.1 Å². The van der Waals surface area contributed by atoms with E-state index in [-0.39, 0.29) is 11.4 Å². The second kappa shape index (κ2) is 6.07. The summed E-state index contributed by atoms with van der Waals surface area (Å²) in [5.41, 5.74) is 0.595. The Kier molecular flexibility index (Phi) is 3.98. The van der Waals surface area contributed by atoms with Crippen LogP contribution in [0.1, 0.15) is 5.56 Å². The van der Waals surface area contributed by atoms with Crippen LogP contribution < -0.4 is 4.18 Å². The molecule has 0 aliphatic heterocycles. The van der Waals surface area contributed by atoms with Crippen LogP contribution in [-0.4, -0.2) is 4.92 Å². The van der Waals surface area contributed by atoms with E-state index in [2.05, 4.69) is 0 Å². The molecule has 0 fully saturated rings. The molecular weight excluding hydrogens is 298 g/mol. The summed E-state index contributed by atoms with van der Waals surface area (Å²) < 4.78 is 5.59. The number of benzene rings is 3. The van der Waals surface area contributed by atoms with Crippen molar-refractivity contribution in [3.8, 4) is 5.75 Å². The first-order chi connectivity index (χ1) is 10.6. The minimum atomic E-state index is -0.411. The average Bonchev–Trinajstić information content (AvgIpc) is 2.52. The SMILES string of the molecule is Cc1cccc(OSc2ccc3ccccc3c2)c1[N+](=O)[O-]. The number of fused-ring (bicyclic) bond motifs is 1. The minimum absolute atomic E-state index is 0.00999. The normalized spacial score (nSPS) is 10.6. The molecule has 0 atom stereocenters. The number of nitro benzene ring substituents is 1. The van der Waals surface area contributed by atoms with Crippen molar-refractivity contribution < 1.29 is 9.11 Å². The van der Waals surface area contributed by atoms with E-state index < -0.39 is 4.92 Å². The lowest BCUT2D eigenvalue weighted by Gasteiger charge is -2.07. The molecule has 0 unspecified atom stereocenters. The smallest absolute Gasteiger partial charge is 0.315 e. The second-order valence-corrected chi connectivity index (χ2v) is 5.66. The lowest BCUT2D eigenvalue weighted by Crippen LogP contribution is -1.95. The Labute approximate surface area is 132 Å². The largest absolute Gasteiger partial charge is 0.413 e. The van der Waals surface area contributed by atoms with Gasteiger partial charge < -0.3 is 4.18 Å². The van der Waals surface area contributed by atoms with E-state index in [0.29, 0.717) is 5.56 Å². The number of nitro groups is 1. The summed E-state index contributed by atoms with van der Waals surface area (Å²) in [6.45, 7) is 1.70. The van der Waals surface area contributed by atoms with Crippen LogP contribution in [0, 0.1) is 17.0 Å². The Morgan fingerprint density at radius 3 is 2.55 bits per heavy atom. The molecule has 0 saturated carbocycles. The van der Waals surface area contributed by atoms with Crippen molar-refractivity contribution in [3.05, 3.63) is 76.3 Å². The molecule has 3 aromatic rings. The van der Waals surface area contributed by atoms with Crippen LogP contribution >= 0.6 is 12.0 Å². The Balaban J connectivity index is 1.85. The van der Waals surface area contributed by atoms with Gasteiger partial charge in [-0.25, -0.2) is 0 Å². The highest BCUT2D eigenvalue weighted by molar-refractivity contribution is 7.95. The summed E-state index contributed by atoms with van der Waals surface area (Å²) in [4.78, 5) is 11.6. The molecule has 110 valence electrons. The third-order valence-electron chi connectivity index (χ3n) is 3.33. The third-order valence-corrected chi connectivity index (χ3v) is 4.04. The van der Waals surface area contributed by atoms with E-state index in [4.69, 9.17) is 4.18 Å². The Bertz CT molecular complexity index is 848. The van der Waals surface area contributed by atoms with Crippen LogP contribution in [0.25, 0.3) is 10.8 Å². The van der Waals surface area contributed by atoms with Gasteiger partial charge in [0.05, 0.1) is 17.0 Å². The summed E-state index contributed by atoms with van der Waals surface area (Å²) in [5.74, 6) is 0.267. The fourth-order valence-corrected chi connectivity index (χ4v) is 2.86. The number of aryl methyl sites for hydroxylation is 1. The first kappa shape index (κ1) is 14.4. The zero-order chi connectivity index (χ0) is 15.5. The van der Waals surface area contributed by atoms with Gasteiger partial charge in [0, 0.05) is 10.5 Å². The van der Waals surface area contributed by atoms with Crippen molar-refractivity contribution in [1.29, 1.82) is 0 Å². The van der Waals surface area contributed by atoms with Gasteiger partial charge in [-0.1, -0.05) is 42.5 Å². The fraction of sp³-hybridized carbons (Fsp3) is 0.0588. The monoisotopic (exact) mass is 311 g/mol. The molecule has 0 heterocycles. The van der Waals surface area contributed by atoms with Crippen molar-refractivity contribution in [3.63, 3.8) is 0 Å². The summed E-state index contributed by atoms with van der Waals surface area (Å²) in [7, 11) is 0. The molecule has 0 bridgehead atoms. The molecule has 3 aromatic carbocycles. The zero-order valence-corrected chi connectivity index (χ0v) is 12.7. The van der Waals surface area contributed by atoms with E-state index in [1.54, 1.807) is 25.1 Å². The van der Waals surface area contributed by atoms with Gasteiger partial charge in [0.25, 0.3) is 0 Å². The molecule has 5 heteroatoms. The number of nitrogens with zero attached hydrogens (tertiary/aromatic N) is 1. The molecular formula is C17H13NO3S. The highest BCUT2D eigenvalue weighted by atomic mass is 32.2. The Morgan fingerprint density at radius 1 is 1.00 bits per heavy atom. The molecule has 0 radical (unpaired) electrons. The second-order valence-electron chi connectivity index (χ2n) is 4.85. The van der Waals surface area contributed by atoms with Gasteiger partial charge in [-0.2, -0.15) is 0 Å². The van der Waals surface area contributed by atoms with Crippen LogP contribution in [0.5, 0.6) is 5.75 Å². The number of para-hydroxylation sites is 1. The molecule has 4 nitrogen and oxygen atoms in total. The van der Waals surface area contributed by atoms with Gasteiger partial charge in [-0.05, 0) is 35.9 Å². The molecule has 0 aliphatic rings. The first-order valence-corrected chi connectivity index (χ1v) is 7.46. The summed E-state index contributed by atoms with van der Waals surface area (Å²) >= 11 is 1.12.